The lowest BCUT2D eigenvalue weighted by molar-refractivity contribution is -0.346. The van der Waals surface area contributed by atoms with Crippen LogP contribution in [0.15, 0.2) is 84.0 Å². The summed E-state index contributed by atoms with van der Waals surface area (Å²) in [6, 6.07) is 13.4. The van der Waals surface area contributed by atoms with Crippen LogP contribution in [0.4, 0.5) is 0 Å². The molecule has 0 radical (unpaired) electrons. The Morgan fingerprint density at radius 3 is 2.25 bits per heavy atom. The third-order valence-corrected chi connectivity index (χ3v) is 12.8. The maximum atomic E-state index is 15.5. The largest absolute Gasteiger partial charge is 0.456 e. The Morgan fingerprint density at radius 2 is 1.66 bits per heavy atom. The van der Waals surface area contributed by atoms with Gasteiger partial charge in [0.2, 0.25) is 5.91 Å². The molecule has 4 N–H and O–H groups in total. The summed E-state index contributed by atoms with van der Waals surface area (Å²) < 4.78 is 84.2. The first kappa shape index (κ1) is 36.4. The Morgan fingerprint density at radius 1 is 1.00 bits per heavy atom. The minimum Gasteiger partial charge on any atom is -0.456 e. The highest BCUT2D eigenvalue weighted by Gasteiger charge is 2.78. The number of allylic oxidation sites excluding steroid dienone is 1. The number of nitrogens with one attached hydrogen (secondary N) is 1. The standard InChI is InChI=1S/C46H55NO14/c1-8-9-12-21-33(51)47-35(28-17-13-10-14-18-28)36(52)42(55)59-30-23-46(56)40(60-41(54)29-19-15-11-16-20-29)38-44(7,31(50)22-32-45(38,24-57-32)61-27(4)49)39(53)37(58-26(3)48)34(25(30)2)43(46,5)6/h10-21,30-32,35-38,40,50,52,56H,8-9,22-24H2,1-7H3,(H,47,51)/b21-12+/t30-,31-,32+,35-,36+,37+,38-,40-,44+,45-,46+/m0/s1/i1D3,8D2,9D2. The highest BCUT2D eigenvalue weighted by Crippen LogP contribution is 2.64. The number of hydrogen-bond acceptors (Lipinski definition) is 14. The summed E-state index contributed by atoms with van der Waals surface area (Å²) in [7, 11) is 0. The lowest BCUT2D eigenvalue weighted by Gasteiger charge is -2.67. The van der Waals surface area contributed by atoms with Crippen LogP contribution in [-0.4, -0.2) is 105 Å². The van der Waals surface area contributed by atoms with E-state index in [9.17, 15) is 39.3 Å². The van der Waals surface area contributed by atoms with Crippen molar-refractivity contribution in [2.24, 2.45) is 16.7 Å². The third kappa shape index (κ3) is 7.92. The molecule has 0 spiro atoms. The fourth-order valence-electron chi connectivity index (χ4n) is 9.73. The zero-order chi connectivity index (χ0) is 50.7. The number of aliphatic hydroxyl groups excluding tert-OH is 2. The predicted octanol–water partition coefficient (Wildman–Crippen LogP) is 3.78. The third-order valence-electron chi connectivity index (χ3n) is 12.8. The number of aliphatic hydroxyl groups is 3. The Balaban J connectivity index is 1.48. The molecule has 15 heteroatoms. The van der Waals surface area contributed by atoms with E-state index < -0.39 is 132 Å². The van der Waals surface area contributed by atoms with Crippen molar-refractivity contribution in [2.45, 2.75) is 128 Å². The molecule has 3 fully saturated rings. The number of esters is 4. The number of rotatable bonds is 12. The SMILES string of the molecule is [2H]C([2H])([2H])C([2H])([2H])C([2H])([2H])/C=C/C(=O)N[C@@H](c1ccccc1)[C@@H](O)C(=O)O[C@H]1C[C@@]2(O)[C@@H](OC(=O)c3ccccc3)[C@@H]3[C@]4(OC(C)=O)CO[C@@H]4C[C@H](O)[C@@]3(C)C(=O)[C@H](OC(C)=O)C(=C1C)C2(C)C. The first-order chi connectivity index (χ1) is 31.4. The molecule has 2 bridgehead atoms. The van der Waals surface area contributed by atoms with Gasteiger partial charge in [-0.15, -0.1) is 0 Å². The fourth-order valence-corrected chi connectivity index (χ4v) is 9.73. The van der Waals surface area contributed by atoms with E-state index >= 15 is 4.79 Å². The summed E-state index contributed by atoms with van der Waals surface area (Å²) in [5.74, 6) is -8.00. The lowest BCUT2D eigenvalue weighted by Crippen LogP contribution is -2.82. The van der Waals surface area contributed by atoms with Crippen molar-refractivity contribution in [3.8, 4) is 0 Å². The molecule has 1 amide bonds. The van der Waals surface area contributed by atoms with Gasteiger partial charge in [-0.2, -0.15) is 0 Å². The second-order valence-corrected chi connectivity index (χ2v) is 16.6. The van der Waals surface area contributed by atoms with E-state index in [1.807, 2.05) is 0 Å². The second kappa shape index (κ2) is 17.3. The molecule has 2 aromatic carbocycles. The van der Waals surface area contributed by atoms with Crippen molar-refractivity contribution in [1.29, 1.82) is 0 Å². The van der Waals surface area contributed by atoms with E-state index in [1.54, 1.807) is 24.3 Å². The number of ether oxygens (including phenoxy) is 5. The highest BCUT2D eigenvalue weighted by atomic mass is 16.6. The van der Waals surface area contributed by atoms with Gasteiger partial charge in [-0.05, 0) is 55.1 Å². The summed E-state index contributed by atoms with van der Waals surface area (Å²) in [6.07, 6.45) is -17.2. The van der Waals surface area contributed by atoms with Gasteiger partial charge in [0, 0.05) is 41.7 Å². The average Bonchev–Trinajstić information content (AvgIpc) is 3.25. The predicted molar refractivity (Wildman–Crippen MR) is 216 cm³/mol. The van der Waals surface area contributed by atoms with Crippen LogP contribution in [0.3, 0.4) is 0 Å². The van der Waals surface area contributed by atoms with Crippen LogP contribution in [0.2, 0.25) is 0 Å². The molecule has 4 aliphatic rings. The van der Waals surface area contributed by atoms with Crippen molar-refractivity contribution < 1.29 is 77.4 Å². The van der Waals surface area contributed by atoms with Crippen molar-refractivity contribution in [1.82, 2.24) is 5.32 Å². The van der Waals surface area contributed by atoms with Crippen molar-refractivity contribution in [2.75, 3.05) is 6.61 Å². The van der Waals surface area contributed by atoms with Crippen LogP contribution >= 0.6 is 0 Å². The Labute approximate surface area is 364 Å². The summed E-state index contributed by atoms with van der Waals surface area (Å²) in [5, 5.41) is 39.9. The molecule has 2 saturated carbocycles. The van der Waals surface area contributed by atoms with Gasteiger partial charge in [0.25, 0.3) is 0 Å². The van der Waals surface area contributed by atoms with Crippen LogP contribution in [0.25, 0.3) is 0 Å². The number of ketones is 1. The number of amides is 1. The maximum absolute atomic E-state index is 15.5. The molecule has 11 atom stereocenters. The first-order valence-corrected chi connectivity index (χ1v) is 19.7. The zero-order valence-electron chi connectivity index (χ0n) is 41.5. The van der Waals surface area contributed by atoms with Gasteiger partial charge < -0.3 is 44.3 Å². The number of carbonyl (C=O) groups excluding carboxylic acids is 6. The lowest BCUT2D eigenvalue weighted by atomic mass is 9.44. The van der Waals surface area contributed by atoms with Crippen LogP contribution < -0.4 is 5.32 Å². The van der Waals surface area contributed by atoms with E-state index in [2.05, 4.69) is 5.32 Å². The minimum atomic E-state index is -3.44. The number of carbonyl (C=O) groups is 6. The minimum absolute atomic E-state index is 0.00548. The van der Waals surface area contributed by atoms with E-state index in [1.165, 1.54) is 64.1 Å². The van der Waals surface area contributed by atoms with E-state index in [0.29, 0.717) is 12.2 Å². The van der Waals surface area contributed by atoms with Gasteiger partial charge in [0.1, 0.15) is 23.9 Å². The molecule has 1 aliphatic heterocycles. The maximum Gasteiger partial charge on any atom is 0.338 e. The highest BCUT2D eigenvalue weighted by molar-refractivity contribution is 5.95. The van der Waals surface area contributed by atoms with Crippen LogP contribution in [0.1, 0.15) is 106 Å². The molecule has 3 aliphatic carbocycles. The summed E-state index contributed by atoms with van der Waals surface area (Å²) in [6.45, 7) is 4.07. The van der Waals surface area contributed by atoms with E-state index in [4.69, 9.17) is 33.3 Å². The number of Topliss-reactive ketones (excluding diaryl/α,β-unsaturated/α-hetero) is 1. The normalized spacial score (nSPS) is 34.8. The van der Waals surface area contributed by atoms with Gasteiger partial charge in [-0.3, -0.25) is 19.2 Å². The molecule has 1 heterocycles. The van der Waals surface area contributed by atoms with Gasteiger partial charge in [0.15, 0.2) is 23.6 Å². The number of fused-ring (bicyclic) bond motifs is 5. The van der Waals surface area contributed by atoms with Crippen molar-refractivity contribution in [3.63, 3.8) is 0 Å². The zero-order valence-corrected chi connectivity index (χ0v) is 34.5. The van der Waals surface area contributed by atoms with Crippen LogP contribution in [0, 0.1) is 16.7 Å². The van der Waals surface area contributed by atoms with Crippen molar-refractivity contribution >= 4 is 35.6 Å². The smallest absolute Gasteiger partial charge is 0.338 e. The molecule has 6 rings (SSSR count). The van der Waals surface area contributed by atoms with Crippen LogP contribution in [0.5, 0.6) is 0 Å². The molecule has 0 aromatic heterocycles. The summed E-state index contributed by atoms with van der Waals surface area (Å²) in [5.41, 5.74) is -8.19. The molecule has 1 saturated heterocycles. The van der Waals surface area contributed by atoms with Gasteiger partial charge in [-0.1, -0.05) is 81.7 Å². The Bertz CT molecular complexity index is 2390. The van der Waals surface area contributed by atoms with E-state index in [0.717, 1.165) is 13.8 Å². The monoisotopic (exact) mass is 852 g/mol. The van der Waals surface area contributed by atoms with Gasteiger partial charge in [0.05, 0.1) is 35.6 Å². The number of hydrogen-bond donors (Lipinski definition) is 4. The average molecular weight is 853 g/mol. The van der Waals surface area contributed by atoms with Crippen molar-refractivity contribution in [3.05, 3.63) is 95.1 Å². The summed E-state index contributed by atoms with van der Waals surface area (Å²) >= 11 is 0. The molecule has 15 nitrogen and oxygen atoms in total. The van der Waals surface area contributed by atoms with E-state index in [-0.39, 0.29) is 35.3 Å². The Hall–Kier alpha value is -5.22. The number of benzene rings is 2. The molecule has 61 heavy (non-hydrogen) atoms. The molecule has 0 unspecified atom stereocenters. The molecule has 328 valence electrons. The second-order valence-electron chi connectivity index (χ2n) is 16.6. The molecule has 2 aromatic rings. The van der Waals surface area contributed by atoms with Gasteiger partial charge in [-0.25, -0.2) is 9.59 Å². The topological polar surface area (TPSA) is 221 Å². The first-order valence-electron chi connectivity index (χ1n) is 23.2. The molecular weight excluding hydrogens is 790 g/mol. The molecular formula is C46H55NO14. The van der Waals surface area contributed by atoms with Gasteiger partial charge >= 0.3 is 23.9 Å². The fraction of sp³-hybridized carbons (Fsp3) is 0.522. The summed E-state index contributed by atoms with van der Waals surface area (Å²) in [4.78, 5) is 83.5. The van der Waals surface area contributed by atoms with Crippen LogP contribution in [-0.2, 0) is 47.7 Å². The Kier molecular flexibility index (Phi) is 10.3. The quantitative estimate of drug-likeness (QED) is 0.103.